The van der Waals surface area contributed by atoms with Crippen LogP contribution in [0.4, 0.5) is 0 Å². The number of guanidine groups is 1. The fourth-order valence-electron chi connectivity index (χ4n) is 2.68. The first-order valence-corrected chi connectivity index (χ1v) is 11.0. The predicted octanol–water partition coefficient (Wildman–Crippen LogP) is 3.62. The first kappa shape index (κ1) is 26.7. The minimum absolute atomic E-state index is 0. The van der Waals surface area contributed by atoms with E-state index in [0.717, 1.165) is 56.5 Å². The van der Waals surface area contributed by atoms with Crippen LogP contribution in [0.25, 0.3) is 0 Å². The molecule has 2 rings (SSSR count). The van der Waals surface area contributed by atoms with Crippen molar-refractivity contribution in [3.63, 3.8) is 0 Å². The van der Waals surface area contributed by atoms with E-state index in [1.54, 1.807) is 18.4 Å². The van der Waals surface area contributed by atoms with Crippen LogP contribution in [-0.4, -0.2) is 64.4 Å². The lowest BCUT2D eigenvalue weighted by Crippen LogP contribution is -2.38. The Morgan fingerprint density at radius 2 is 1.97 bits per heavy atom. The zero-order valence-electron chi connectivity index (χ0n) is 18.2. The molecule has 2 aromatic rings. The highest BCUT2D eigenvalue weighted by atomic mass is 127. The van der Waals surface area contributed by atoms with Gasteiger partial charge in [-0.25, -0.2) is 4.99 Å². The molecule has 0 fully saturated rings. The number of halogens is 1. The second kappa shape index (κ2) is 16.3. The predicted molar refractivity (Wildman–Crippen MR) is 138 cm³/mol. The molecule has 1 heterocycles. The van der Waals surface area contributed by atoms with E-state index in [2.05, 4.69) is 59.2 Å². The highest BCUT2D eigenvalue weighted by molar-refractivity contribution is 14.0. The average Bonchev–Trinajstić information content (AvgIpc) is 3.24. The highest BCUT2D eigenvalue weighted by Gasteiger charge is 2.02. The third-order valence-electron chi connectivity index (χ3n) is 4.33. The Labute approximate surface area is 202 Å². The molecule has 168 valence electrons. The maximum Gasteiger partial charge on any atom is 0.191 e. The van der Waals surface area contributed by atoms with E-state index in [4.69, 9.17) is 14.5 Å². The summed E-state index contributed by atoms with van der Waals surface area (Å²) < 4.78 is 11.0. The summed E-state index contributed by atoms with van der Waals surface area (Å²) >= 11 is 1.79. The van der Waals surface area contributed by atoms with Gasteiger partial charge >= 0.3 is 0 Å². The second-order valence-electron chi connectivity index (χ2n) is 6.74. The molecule has 6 nitrogen and oxygen atoms in total. The standard InChI is InChI=1S/C22H34N4O2S.HI/c1-4-23-22(24-11-10-21-9-6-16-29-21)25-18-19-7-5-8-20(17-19)28-15-13-26(2)12-14-27-3;/h5-9,16-17H,4,10-15,18H2,1-3H3,(H2,23,24,25);1H. The number of benzene rings is 1. The molecule has 0 saturated carbocycles. The van der Waals surface area contributed by atoms with Crippen LogP contribution in [0.5, 0.6) is 5.75 Å². The van der Waals surface area contributed by atoms with Crippen molar-refractivity contribution in [2.75, 3.05) is 53.6 Å². The number of rotatable bonds is 13. The van der Waals surface area contributed by atoms with Crippen molar-refractivity contribution in [2.45, 2.75) is 19.9 Å². The molecular weight excluding hydrogens is 511 g/mol. The van der Waals surface area contributed by atoms with Crippen LogP contribution in [0, 0.1) is 0 Å². The number of aliphatic imine (C=N–C) groups is 1. The molecule has 2 N–H and O–H groups in total. The minimum atomic E-state index is 0. The summed E-state index contributed by atoms with van der Waals surface area (Å²) in [5.74, 6) is 1.73. The van der Waals surface area contributed by atoms with Crippen LogP contribution < -0.4 is 15.4 Å². The second-order valence-corrected chi connectivity index (χ2v) is 7.78. The Morgan fingerprint density at radius 3 is 2.70 bits per heavy atom. The third kappa shape index (κ3) is 11.1. The van der Waals surface area contributed by atoms with Gasteiger partial charge in [-0.1, -0.05) is 18.2 Å². The molecule has 8 heteroatoms. The molecule has 1 aromatic heterocycles. The number of hydrogen-bond acceptors (Lipinski definition) is 5. The topological polar surface area (TPSA) is 58.1 Å². The summed E-state index contributed by atoms with van der Waals surface area (Å²) in [4.78, 5) is 8.28. The normalized spacial score (nSPS) is 11.3. The molecule has 1 aromatic carbocycles. The summed E-state index contributed by atoms with van der Waals surface area (Å²) in [6, 6.07) is 12.4. The number of likely N-dealkylation sites (N-methyl/N-ethyl adjacent to an activating group) is 1. The van der Waals surface area contributed by atoms with Crippen molar-refractivity contribution in [1.82, 2.24) is 15.5 Å². The first-order chi connectivity index (χ1) is 14.2. The highest BCUT2D eigenvalue weighted by Crippen LogP contribution is 2.14. The Kier molecular flexibility index (Phi) is 14.5. The summed E-state index contributed by atoms with van der Waals surface area (Å²) in [5.41, 5.74) is 1.13. The number of hydrogen-bond donors (Lipinski definition) is 2. The Bertz CT molecular complexity index is 713. The molecular formula is C22H35IN4O2S. The molecule has 0 atom stereocenters. The zero-order chi connectivity index (χ0) is 20.7. The smallest absolute Gasteiger partial charge is 0.191 e. The molecule has 0 aliphatic carbocycles. The molecule has 0 radical (unpaired) electrons. The largest absolute Gasteiger partial charge is 0.492 e. The number of ether oxygens (including phenoxy) is 2. The summed E-state index contributed by atoms with van der Waals surface area (Å²) in [6.07, 6.45) is 1.00. The van der Waals surface area contributed by atoms with Gasteiger partial charge < -0.3 is 25.0 Å². The zero-order valence-corrected chi connectivity index (χ0v) is 21.4. The van der Waals surface area contributed by atoms with Crippen molar-refractivity contribution in [3.05, 3.63) is 52.2 Å². The minimum Gasteiger partial charge on any atom is -0.492 e. The maximum atomic E-state index is 5.90. The van der Waals surface area contributed by atoms with E-state index in [0.29, 0.717) is 13.2 Å². The molecule has 0 saturated heterocycles. The van der Waals surface area contributed by atoms with E-state index in [1.807, 2.05) is 12.1 Å². The molecule has 0 aliphatic rings. The van der Waals surface area contributed by atoms with Gasteiger partial charge in [0.1, 0.15) is 12.4 Å². The van der Waals surface area contributed by atoms with Crippen molar-refractivity contribution >= 4 is 41.3 Å². The lowest BCUT2D eigenvalue weighted by molar-refractivity contribution is 0.150. The lowest BCUT2D eigenvalue weighted by atomic mass is 10.2. The fourth-order valence-corrected chi connectivity index (χ4v) is 3.39. The summed E-state index contributed by atoms with van der Waals surface area (Å²) in [7, 11) is 3.79. The molecule has 0 amide bonds. The molecule has 0 spiro atoms. The van der Waals surface area contributed by atoms with E-state index < -0.39 is 0 Å². The van der Waals surface area contributed by atoms with Crippen LogP contribution in [0.2, 0.25) is 0 Å². The van der Waals surface area contributed by atoms with E-state index in [1.165, 1.54) is 4.88 Å². The quantitative estimate of drug-likeness (QED) is 0.229. The fraction of sp³-hybridized carbons (Fsp3) is 0.500. The van der Waals surface area contributed by atoms with Gasteiger partial charge in [0.05, 0.1) is 13.2 Å². The van der Waals surface area contributed by atoms with Crippen molar-refractivity contribution in [1.29, 1.82) is 0 Å². The Hall–Kier alpha value is -1.36. The molecule has 0 unspecified atom stereocenters. The van der Waals surface area contributed by atoms with Gasteiger partial charge in [0, 0.05) is 38.2 Å². The summed E-state index contributed by atoms with van der Waals surface area (Å²) in [5, 5.41) is 8.82. The lowest BCUT2D eigenvalue weighted by Gasteiger charge is -2.16. The maximum absolute atomic E-state index is 5.90. The number of nitrogens with zero attached hydrogens (tertiary/aromatic N) is 2. The monoisotopic (exact) mass is 546 g/mol. The van der Waals surface area contributed by atoms with Crippen LogP contribution in [0.3, 0.4) is 0 Å². The Morgan fingerprint density at radius 1 is 1.13 bits per heavy atom. The van der Waals surface area contributed by atoms with Crippen molar-refractivity contribution < 1.29 is 9.47 Å². The van der Waals surface area contributed by atoms with Gasteiger partial charge in [0.25, 0.3) is 0 Å². The molecule has 0 aliphatic heterocycles. The third-order valence-corrected chi connectivity index (χ3v) is 5.26. The van der Waals surface area contributed by atoms with Gasteiger partial charge in [0.15, 0.2) is 5.96 Å². The van der Waals surface area contributed by atoms with Gasteiger partial charge in [0.2, 0.25) is 0 Å². The van der Waals surface area contributed by atoms with Crippen molar-refractivity contribution in [3.8, 4) is 5.75 Å². The van der Waals surface area contributed by atoms with Gasteiger partial charge in [-0.15, -0.1) is 35.3 Å². The number of nitrogens with one attached hydrogen (secondary N) is 2. The molecule has 0 bridgehead atoms. The summed E-state index contributed by atoms with van der Waals surface area (Å²) in [6.45, 7) is 7.55. The van der Waals surface area contributed by atoms with E-state index >= 15 is 0 Å². The van der Waals surface area contributed by atoms with Crippen LogP contribution in [0.1, 0.15) is 17.4 Å². The van der Waals surface area contributed by atoms with E-state index in [-0.39, 0.29) is 24.0 Å². The number of thiophene rings is 1. The molecule has 30 heavy (non-hydrogen) atoms. The van der Waals surface area contributed by atoms with Gasteiger partial charge in [-0.2, -0.15) is 0 Å². The van der Waals surface area contributed by atoms with Gasteiger partial charge in [-0.3, -0.25) is 0 Å². The SMILES string of the molecule is CCNC(=NCc1cccc(OCCN(C)CCOC)c1)NCCc1cccs1.I. The van der Waals surface area contributed by atoms with Crippen molar-refractivity contribution in [2.24, 2.45) is 4.99 Å². The van der Waals surface area contributed by atoms with E-state index in [9.17, 15) is 0 Å². The number of methoxy groups -OCH3 is 1. The average molecular weight is 547 g/mol. The first-order valence-electron chi connectivity index (χ1n) is 10.1. The van der Waals surface area contributed by atoms with Crippen LogP contribution >= 0.6 is 35.3 Å². The Balaban J connectivity index is 0.00000450. The van der Waals surface area contributed by atoms with Gasteiger partial charge in [-0.05, 0) is 49.5 Å². The van der Waals surface area contributed by atoms with Crippen LogP contribution in [-0.2, 0) is 17.7 Å². The van der Waals surface area contributed by atoms with Crippen LogP contribution in [0.15, 0.2) is 46.8 Å².